The van der Waals surface area contributed by atoms with Crippen molar-refractivity contribution in [1.29, 1.82) is 0 Å². The lowest BCUT2D eigenvalue weighted by Gasteiger charge is -2.33. The molecule has 2 aromatic rings. The number of hydrogen-bond acceptors (Lipinski definition) is 4. The fraction of sp³-hybridized carbons (Fsp3) is 0.188. The van der Waals surface area contributed by atoms with Crippen LogP contribution in [0.25, 0.3) is 0 Å². The highest BCUT2D eigenvalue weighted by Gasteiger charge is 2.26. The van der Waals surface area contributed by atoms with Gasteiger partial charge in [-0.2, -0.15) is 0 Å². The molecule has 2 aromatic carbocycles. The van der Waals surface area contributed by atoms with Crippen molar-refractivity contribution in [2.75, 3.05) is 36.7 Å². The summed E-state index contributed by atoms with van der Waals surface area (Å²) >= 11 is 7.29. The van der Waals surface area contributed by atoms with Crippen molar-refractivity contribution in [3.8, 4) is 0 Å². The molecule has 3 N–H and O–H groups in total. The molecule has 0 amide bonds. The average Bonchev–Trinajstić information content (AvgIpc) is 2.57. The van der Waals surface area contributed by atoms with Crippen LogP contribution in [0.4, 0.5) is 22.7 Å². The van der Waals surface area contributed by atoms with Crippen molar-refractivity contribution < 1.29 is 0 Å². The lowest BCUT2D eigenvalue weighted by Crippen LogP contribution is -2.35. The third kappa shape index (κ3) is 2.48. The molecule has 0 fully saturated rings. The first kappa shape index (κ1) is 15.0. The Hall–Kier alpha value is -1.92. The zero-order chi connectivity index (χ0) is 15.7. The molecule has 0 saturated heterocycles. The molecular formula is C16H18N4S2. The minimum absolute atomic E-state index is 0.692. The Kier molecular flexibility index (Phi) is 4.13. The van der Waals surface area contributed by atoms with Gasteiger partial charge in [-0.25, -0.2) is 0 Å². The van der Waals surface area contributed by atoms with Crippen molar-refractivity contribution in [2.45, 2.75) is 9.79 Å². The van der Waals surface area contributed by atoms with Crippen LogP contribution in [0, 0.1) is 0 Å². The van der Waals surface area contributed by atoms with Crippen LogP contribution in [-0.4, -0.2) is 26.3 Å². The summed E-state index contributed by atoms with van der Waals surface area (Å²) in [6, 6.07) is 12.6. The molecule has 0 aliphatic carbocycles. The highest BCUT2D eigenvalue weighted by molar-refractivity contribution is 7.99. The van der Waals surface area contributed by atoms with E-state index in [0.717, 1.165) is 22.7 Å². The molecule has 0 saturated carbocycles. The zero-order valence-electron chi connectivity index (χ0n) is 12.7. The van der Waals surface area contributed by atoms with Crippen LogP contribution in [0.1, 0.15) is 0 Å². The standard InChI is InChI=1S/C16H18N4S2/c1-17-10-4-6-12-14(8-10)22-15-9-11(18-2)5-7-13(15)20(12)16(21)19-3/h4-9,17-18H,1-3H3,(H,19,21). The normalized spacial score (nSPS) is 12.2. The van der Waals surface area contributed by atoms with Crippen LogP contribution in [-0.2, 0) is 0 Å². The number of hydrogen-bond donors (Lipinski definition) is 3. The highest BCUT2D eigenvalue weighted by atomic mass is 32.2. The van der Waals surface area contributed by atoms with Gasteiger partial charge in [-0.05, 0) is 48.6 Å². The Bertz CT molecular complexity index is 677. The van der Waals surface area contributed by atoms with Crippen molar-refractivity contribution in [3.05, 3.63) is 36.4 Å². The second-order valence-corrected chi connectivity index (χ2v) is 6.33. The Morgan fingerprint density at radius 2 is 1.41 bits per heavy atom. The Morgan fingerprint density at radius 3 is 1.82 bits per heavy atom. The lowest BCUT2D eigenvalue weighted by molar-refractivity contribution is 1.11. The predicted octanol–water partition coefficient (Wildman–Crippen LogP) is 3.88. The van der Waals surface area contributed by atoms with E-state index in [9.17, 15) is 0 Å². The van der Waals surface area contributed by atoms with Crippen molar-refractivity contribution in [1.82, 2.24) is 5.32 Å². The van der Waals surface area contributed by atoms with E-state index >= 15 is 0 Å². The van der Waals surface area contributed by atoms with E-state index in [4.69, 9.17) is 12.2 Å². The van der Waals surface area contributed by atoms with Crippen LogP contribution < -0.4 is 20.9 Å². The molecular weight excluding hydrogens is 312 g/mol. The number of rotatable bonds is 2. The smallest absolute Gasteiger partial charge is 0.177 e. The number of nitrogens with zero attached hydrogens (tertiary/aromatic N) is 1. The first-order valence-electron chi connectivity index (χ1n) is 7.01. The molecule has 4 nitrogen and oxygen atoms in total. The maximum atomic E-state index is 5.52. The lowest BCUT2D eigenvalue weighted by atomic mass is 10.2. The monoisotopic (exact) mass is 330 g/mol. The molecule has 3 rings (SSSR count). The highest BCUT2D eigenvalue weighted by Crippen LogP contribution is 2.49. The number of thiocarbonyl (C=S) groups is 1. The van der Waals surface area contributed by atoms with E-state index < -0.39 is 0 Å². The summed E-state index contributed by atoms with van der Waals surface area (Å²) in [6.45, 7) is 0. The molecule has 0 aromatic heterocycles. The van der Waals surface area contributed by atoms with Gasteiger partial charge in [0.2, 0.25) is 0 Å². The minimum Gasteiger partial charge on any atom is -0.388 e. The van der Waals surface area contributed by atoms with E-state index in [2.05, 4.69) is 57.2 Å². The SMILES string of the molecule is CNC(=S)N1c2ccc(NC)cc2Sc2cc(NC)ccc21. The first-order chi connectivity index (χ1) is 10.7. The second-order valence-electron chi connectivity index (χ2n) is 4.86. The van der Waals surface area contributed by atoms with E-state index in [0.29, 0.717) is 5.11 Å². The topological polar surface area (TPSA) is 39.3 Å². The van der Waals surface area contributed by atoms with E-state index in [1.54, 1.807) is 11.8 Å². The summed E-state index contributed by atoms with van der Waals surface area (Å²) in [7, 11) is 5.71. The summed E-state index contributed by atoms with van der Waals surface area (Å²) in [5, 5.41) is 10.2. The molecule has 1 aliphatic heterocycles. The van der Waals surface area contributed by atoms with Gasteiger partial charge in [0.05, 0.1) is 11.4 Å². The molecule has 0 atom stereocenters. The van der Waals surface area contributed by atoms with E-state index in [1.807, 2.05) is 21.1 Å². The quantitative estimate of drug-likeness (QED) is 0.726. The summed E-state index contributed by atoms with van der Waals surface area (Å²) in [5.74, 6) is 0. The molecule has 22 heavy (non-hydrogen) atoms. The second kappa shape index (κ2) is 6.06. The average molecular weight is 330 g/mol. The van der Waals surface area contributed by atoms with Gasteiger partial charge in [0.25, 0.3) is 0 Å². The van der Waals surface area contributed by atoms with Gasteiger partial charge >= 0.3 is 0 Å². The largest absolute Gasteiger partial charge is 0.388 e. The molecule has 1 heterocycles. The molecule has 0 spiro atoms. The third-order valence-corrected chi connectivity index (χ3v) is 5.10. The van der Waals surface area contributed by atoms with Crippen LogP contribution in [0.15, 0.2) is 46.2 Å². The number of benzene rings is 2. The summed E-state index contributed by atoms with van der Waals surface area (Å²) in [6.07, 6.45) is 0. The van der Waals surface area contributed by atoms with Gasteiger partial charge in [0.1, 0.15) is 0 Å². The number of fused-ring (bicyclic) bond motifs is 2. The maximum Gasteiger partial charge on any atom is 0.177 e. The summed E-state index contributed by atoms with van der Waals surface area (Å²) < 4.78 is 0. The van der Waals surface area contributed by atoms with Crippen LogP contribution in [0.2, 0.25) is 0 Å². The summed E-state index contributed by atoms with van der Waals surface area (Å²) in [4.78, 5) is 4.46. The van der Waals surface area contributed by atoms with Gasteiger partial charge in [-0.15, -0.1) is 0 Å². The zero-order valence-corrected chi connectivity index (χ0v) is 14.4. The van der Waals surface area contributed by atoms with Crippen molar-refractivity contribution in [2.24, 2.45) is 0 Å². The van der Waals surface area contributed by atoms with Gasteiger partial charge in [0, 0.05) is 42.3 Å². The fourth-order valence-corrected chi connectivity index (χ4v) is 3.78. The van der Waals surface area contributed by atoms with Crippen LogP contribution in [0.3, 0.4) is 0 Å². The van der Waals surface area contributed by atoms with Gasteiger partial charge < -0.3 is 16.0 Å². The van der Waals surface area contributed by atoms with Gasteiger partial charge in [-0.1, -0.05) is 11.8 Å². The molecule has 1 aliphatic rings. The fourth-order valence-electron chi connectivity index (χ4n) is 2.45. The maximum absolute atomic E-state index is 5.52. The number of nitrogens with one attached hydrogen (secondary N) is 3. The Morgan fingerprint density at radius 1 is 0.909 bits per heavy atom. The van der Waals surface area contributed by atoms with E-state index in [-0.39, 0.29) is 0 Å². The van der Waals surface area contributed by atoms with Crippen LogP contribution in [0.5, 0.6) is 0 Å². The first-order valence-corrected chi connectivity index (χ1v) is 8.23. The van der Waals surface area contributed by atoms with E-state index in [1.165, 1.54) is 9.79 Å². The Balaban J connectivity index is 2.16. The molecule has 0 radical (unpaired) electrons. The molecule has 114 valence electrons. The van der Waals surface area contributed by atoms with Crippen LogP contribution >= 0.6 is 24.0 Å². The van der Waals surface area contributed by atoms with Gasteiger partial charge in [0.15, 0.2) is 5.11 Å². The minimum atomic E-state index is 0.692. The summed E-state index contributed by atoms with van der Waals surface area (Å²) in [5.41, 5.74) is 4.39. The molecule has 6 heteroatoms. The number of anilines is 4. The predicted molar refractivity (Wildman–Crippen MR) is 99.9 cm³/mol. The molecule has 0 unspecified atom stereocenters. The van der Waals surface area contributed by atoms with Gasteiger partial charge in [-0.3, -0.25) is 4.90 Å². The van der Waals surface area contributed by atoms with Crippen molar-refractivity contribution >= 4 is 51.8 Å². The van der Waals surface area contributed by atoms with Crippen molar-refractivity contribution in [3.63, 3.8) is 0 Å². The molecule has 0 bridgehead atoms. The Labute approximate surface area is 140 Å². The third-order valence-electron chi connectivity index (χ3n) is 3.62.